The maximum Gasteiger partial charge on any atom is 0.249 e. The van der Waals surface area contributed by atoms with Gasteiger partial charge in [-0.2, -0.15) is 0 Å². The highest BCUT2D eigenvalue weighted by Gasteiger charge is 2.41. The summed E-state index contributed by atoms with van der Waals surface area (Å²) in [4.78, 5) is 21.7. The number of benzene rings is 2. The Morgan fingerprint density at radius 3 is 2.49 bits per heavy atom. The van der Waals surface area contributed by atoms with Crippen molar-refractivity contribution in [2.75, 3.05) is 53.0 Å². The average Bonchev–Trinajstić information content (AvgIpc) is 3.05. The van der Waals surface area contributed by atoms with Crippen LogP contribution >= 0.6 is 0 Å². The van der Waals surface area contributed by atoms with Gasteiger partial charge in [0.05, 0.1) is 43.4 Å². The number of nitrogens with zero attached hydrogens (tertiary/aromatic N) is 3. The van der Waals surface area contributed by atoms with Crippen molar-refractivity contribution in [1.82, 2.24) is 20.3 Å². The number of methoxy groups -OCH3 is 1. The first-order valence-electron chi connectivity index (χ1n) is 14.9. The number of ether oxygens (including phenoxy) is 2. The van der Waals surface area contributed by atoms with Crippen LogP contribution in [0, 0.1) is 34.7 Å². The second-order valence-electron chi connectivity index (χ2n) is 11.5. The van der Waals surface area contributed by atoms with Crippen LogP contribution in [0.1, 0.15) is 48.5 Å². The Morgan fingerprint density at radius 1 is 1.11 bits per heavy atom. The van der Waals surface area contributed by atoms with Gasteiger partial charge in [0, 0.05) is 62.0 Å². The Labute approximate surface area is 259 Å². The smallest absolute Gasteiger partial charge is 0.249 e. The van der Waals surface area contributed by atoms with E-state index in [1.54, 1.807) is 37.0 Å². The number of hydroxylamine groups is 1. The van der Waals surface area contributed by atoms with E-state index >= 15 is 4.39 Å². The molecule has 2 fully saturated rings. The van der Waals surface area contributed by atoms with Crippen LogP contribution in [-0.4, -0.2) is 78.9 Å². The summed E-state index contributed by atoms with van der Waals surface area (Å²) < 4.78 is 68.4. The Bertz CT molecular complexity index is 1560. The van der Waals surface area contributed by atoms with E-state index in [0.29, 0.717) is 80.0 Å². The van der Waals surface area contributed by atoms with E-state index in [4.69, 9.17) is 9.47 Å². The van der Waals surface area contributed by atoms with Crippen molar-refractivity contribution in [2.45, 2.75) is 38.4 Å². The summed E-state index contributed by atoms with van der Waals surface area (Å²) in [5.74, 6) is 1.97. The van der Waals surface area contributed by atoms with Crippen LogP contribution in [0.25, 0.3) is 10.9 Å². The fourth-order valence-corrected chi connectivity index (χ4v) is 6.15. The van der Waals surface area contributed by atoms with Crippen molar-refractivity contribution in [3.05, 3.63) is 70.7 Å². The summed E-state index contributed by atoms with van der Waals surface area (Å²) >= 11 is 0. The van der Waals surface area contributed by atoms with Crippen molar-refractivity contribution in [3.8, 4) is 17.6 Å². The van der Waals surface area contributed by atoms with Gasteiger partial charge in [0.25, 0.3) is 0 Å². The minimum absolute atomic E-state index is 0.0305. The van der Waals surface area contributed by atoms with Crippen molar-refractivity contribution >= 4 is 16.8 Å². The molecule has 3 heterocycles. The molecule has 2 N–H and O–H groups in total. The lowest BCUT2D eigenvalue weighted by Crippen LogP contribution is -2.48. The van der Waals surface area contributed by atoms with Gasteiger partial charge in [0.2, 0.25) is 5.91 Å². The predicted octanol–water partition coefficient (Wildman–Crippen LogP) is 4.92. The van der Waals surface area contributed by atoms with Crippen LogP contribution in [0.3, 0.4) is 0 Å². The number of piperidine rings is 1. The SMILES string of the molecule is COc1ccc2ncc(CN3CCOCC3)c([C@H](F)CCC3(C(=O)NO)CCN(CC#Cc4c(F)cc(F)cc4F)CC3)c2c1. The number of hydrogen-bond donors (Lipinski definition) is 2. The zero-order valence-electron chi connectivity index (χ0n) is 25.1. The van der Waals surface area contributed by atoms with Gasteiger partial charge in [-0.1, -0.05) is 11.8 Å². The number of carbonyl (C=O) groups is 1. The van der Waals surface area contributed by atoms with Gasteiger partial charge in [0.1, 0.15) is 29.4 Å². The number of carbonyl (C=O) groups excluding carboxylic acids is 1. The number of halogens is 4. The van der Waals surface area contributed by atoms with Gasteiger partial charge in [-0.15, -0.1) is 0 Å². The molecule has 1 amide bonds. The zero-order chi connectivity index (χ0) is 32.0. The topological polar surface area (TPSA) is 87.2 Å². The molecule has 2 aliphatic rings. The highest BCUT2D eigenvalue weighted by molar-refractivity contribution is 5.85. The van der Waals surface area contributed by atoms with Crippen molar-refractivity contribution in [1.29, 1.82) is 0 Å². The monoisotopic (exact) mass is 628 g/mol. The summed E-state index contributed by atoms with van der Waals surface area (Å²) in [5, 5.41) is 10.2. The van der Waals surface area contributed by atoms with E-state index in [0.717, 1.165) is 18.7 Å². The van der Waals surface area contributed by atoms with Crippen LogP contribution in [0.15, 0.2) is 36.5 Å². The Kier molecular flexibility index (Phi) is 10.6. The van der Waals surface area contributed by atoms with Crippen LogP contribution < -0.4 is 10.2 Å². The van der Waals surface area contributed by atoms with Gasteiger partial charge < -0.3 is 9.47 Å². The molecule has 0 bridgehead atoms. The summed E-state index contributed by atoms with van der Waals surface area (Å²) in [7, 11) is 1.55. The minimum atomic E-state index is -1.42. The molecule has 8 nitrogen and oxygen atoms in total. The number of alkyl halides is 1. The van der Waals surface area contributed by atoms with E-state index in [1.165, 1.54) is 0 Å². The molecule has 240 valence electrons. The molecule has 12 heteroatoms. The third-order valence-corrected chi connectivity index (χ3v) is 8.81. The van der Waals surface area contributed by atoms with E-state index in [-0.39, 0.29) is 19.4 Å². The molecular formula is C33H36F4N4O4. The molecule has 3 aromatic rings. The molecule has 0 radical (unpaired) electrons. The summed E-state index contributed by atoms with van der Waals surface area (Å²) in [5.41, 5.74) is 2.15. The molecule has 2 aromatic carbocycles. The molecule has 0 aliphatic carbocycles. The van der Waals surface area contributed by atoms with Crippen LogP contribution in [0.4, 0.5) is 17.6 Å². The van der Waals surface area contributed by atoms with Crippen LogP contribution in [-0.2, 0) is 16.1 Å². The van der Waals surface area contributed by atoms with Crippen molar-refractivity contribution in [3.63, 3.8) is 0 Å². The summed E-state index contributed by atoms with van der Waals surface area (Å²) in [6.07, 6.45) is 1.13. The van der Waals surface area contributed by atoms with E-state index < -0.39 is 40.5 Å². The third-order valence-electron chi connectivity index (χ3n) is 8.81. The quantitative estimate of drug-likeness (QED) is 0.151. The zero-order valence-corrected chi connectivity index (χ0v) is 25.1. The van der Waals surface area contributed by atoms with E-state index in [9.17, 15) is 23.2 Å². The third kappa shape index (κ3) is 7.56. The first-order chi connectivity index (χ1) is 21.7. The highest BCUT2D eigenvalue weighted by Crippen LogP contribution is 2.41. The van der Waals surface area contributed by atoms with Crippen molar-refractivity contribution in [2.24, 2.45) is 5.41 Å². The standard InChI is InChI=1S/C33H36F4N4O4/c1-44-24-4-5-30-26(19-24)31(22(20-38-30)21-41-13-15-45-16-14-41)27(35)6-7-33(32(42)39-43)8-11-40(12-9-33)10-2-3-25-28(36)17-23(34)18-29(25)37/h4-5,17-20,27,43H,6-16,21H2,1H3,(H,39,42)/t27-/m1/s1. The number of amides is 1. The second-order valence-corrected chi connectivity index (χ2v) is 11.5. The number of aromatic nitrogens is 1. The number of morpholine rings is 1. The first kappa shape index (κ1) is 32.6. The molecule has 45 heavy (non-hydrogen) atoms. The molecule has 0 unspecified atom stereocenters. The normalized spacial score (nSPS) is 17.8. The predicted molar refractivity (Wildman–Crippen MR) is 159 cm³/mol. The number of fused-ring (bicyclic) bond motifs is 1. The Morgan fingerprint density at radius 2 is 1.82 bits per heavy atom. The van der Waals surface area contributed by atoms with E-state index in [2.05, 4.69) is 21.7 Å². The fraction of sp³-hybridized carbons (Fsp3) is 0.455. The average molecular weight is 629 g/mol. The lowest BCUT2D eigenvalue weighted by atomic mass is 9.73. The van der Waals surface area contributed by atoms with Crippen LogP contribution in [0.5, 0.6) is 5.75 Å². The minimum Gasteiger partial charge on any atom is -0.497 e. The largest absolute Gasteiger partial charge is 0.497 e. The van der Waals surface area contributed by atoms with Crippen LogP contribution in [0.2, 0.25) is 0 Å². The van der Waals surface area contributed by atoms with Gasteiger partial charge >= 0.3 is 0 Å². The maximum atomic E-state index is 16.5. The van der Waals surface area contributed by atoms with Gasteiger partial charge in [-0.25, -0.2) is 23.0 Å². The number of hydrogen-bond acceptors (Lipinski definition) is 7. The van der Waals surface area contributed by atoms with Gasteiger partial charge in [0.15, 0.2) is 0 Å². The molecule has 0 saturated carbocycles. The Hall–Kier alpha value is -3.76. The second kappa shape index (κ2) is 14.6. The summed E-state index contributed by atoms with van der Waals surface area (Å²) in [6, 6.07) is 6.50. The molecule has 0 spiro atoms. The number of rotatable bonds is 9. The lowest BCUT2D eigenvalue weighted by Gasteiger charge is -2.40. The first-order valence-corrected chi connectivity index (χ1v) is 14.9. The molecule has 2 aliphatic heterocycles. The molecular weight excluding hydrogens is 592 g/mol. The lowest BCUT2D eigenvalue weighted by molar-refractivity contribution is -0.143. The molecule has 1 atom stereocenters. The number of nitrogens with one attached hydrogen (secondary N) is 1. The number of pyridine rings is 1. The molecule has 5 rings (SSSR count). The highest BCUT2D eigenvalue weighted by atomic mass is 19.1. The molecule has 2 saturated heterocycles. The number of likely N-dealkylation sites (tertiary alicyclic amines) is 1. The molecule has 1 aromatic heterocycles. The summed E-state index contributed by atoms with van der Waals surface area (Å²) in [6.45, 7) is 4.10. The van der Waals surface area contributed by atoms with E-state index in [1.807, 2.05) is 4.90 Å². The van der Waals surface area contributed by atoms with Gasteiger partial charge in [-0.3, -0.25) is 24.8 Å². The van der Waals surface area contributed by atoms with Gasteiger partial charge in [-0.05, 0) is 49.4 Å². The maximum absolute atomic E-state index is 16.5. The fourth-order valence-electron chi connectivity index (χ4n) is 6.15. The van der Waals surface area contributed by atoms with Crippen molar-refractivity contribution < 1.29 is 37.0 Å². The Balaban J connectivity index is 1.31.